The Morgan fingerprint density at radius 2 is 1.87 bits per heavy atom. The fourth-order valence-electron chi connectivity index (χ4n) is 1.15. The third kappa shape index (κ3) is 4.99. The summed E-state index contributed by atoms with van der Waals surface area (Å²) in [5, 5.41) is 0. The molecule has 0 N–H and O–H groups in total. The Kier molecular flexibility index (Phi) is 6.68. The van der Waals surface area contributed by atoms with Gasteiger partial charge in [-0.1, -0.05) is 0 Å². The molecule has 1 rings (SSSR count). The van der Waals surface area contributed by atoms with Crippen molar-refractivity contribution in [3.05, 3.63) is 39.4 Å². The van der Waals surface area contributed by atoms with E-state index in [1.54, 1.807) is 0 Å². The van der Waals surface area contributed by atoms with Crippen molar-refractivity contribution in [1.82, 2.24) is 0 Å². The molecule has 1 aromatic carbocycles. The topological polar surface area (TPSA) is 106 Å². The van der Waals surface area contributed by atoms with E-state index < -0.39 is 45.5 Å². The second kappa shape index (κ2) is 7.86. The second-order valence-electron chi connectivity index (χ2n) is 3.62. The molecule has 0 amide bonds. The van der Waals surface area contributed by atoms with Gasteiger partial charge in [-0.15, -0.1) is 0 Å². The van der Waals surface area contributed by atoms with Crippen LogP contribution in [-0.4, -0.2) is 35.0 Å². The van der Waals surface area contributed by atoms with E-state index in [9.17, 15) is 26.4 Å². The minimum atomic E-state index is -5.98. The van der Waals surface area contributed by atoms with E-state index in [1.165, 1.54) is 37.3 Å². The molecule has 0 radical (unpaired) electrons. The van der Waals surface area contributed by atoms with Crippen LogP contribution in [0.25, 0.3) is 5.53 Å². The Labute approximate surface area is 137 Å². The number of rotatable bonds is 6. The van der Waals surface area contributed by atoms with E-state index in [1.807, 2.05) is 0 Å². The molecule has 0 heterocycles. The van der Waals surface area contributed by atoms with Crippen molar-refractivity contribution in [2.45, 2.75) is 12.4 Å². The average molecular weight is 466 g/mol. The van der Waals surface area contributed by atoms with E-state index in [-0.39, 0.29) is 10.2 Å². The monoisotopic (exact) mass is 466 g/mol. The van der Waals surface area contributed by atoms with Crippen LogP contribution in [0.2, 0.25) is 0 Å². The van der Waals surface area contributed by atoms with Gasteiger partial charge in [0.15, 0.2) is 0 Å². The molecule has 0 aliphatic carbocycles. The zero-order valence-electron chi connectivity index (χ0n) is 11.4. The number of nitrogens with zero attached hydrogens (tertiary/aromatic N) is 2. The summed E-state index contributed by atoms with van der Waals surface area (Å²) in [5.74, 6) is -1.25. The van der Waals surface area contributed by atoms with Gasteiger partial charge in [-0.05, 0) is 0 Å². The third-order valence-corrected chi connectivity index (χ3v) is 8.85. The Morgan fingerprint density at radius 3 is 2.30 bits per heavy atom. The van der Waals surface area contributed by atoms with Crippen molar-refractivity contribution in [2.75, 3.05) is 6.61 Å². The molecule has 0 fully saturated rings. The number of benzene rings is 1. The molecule has 0 bridgehead atoms. The summed E-state index contributed by atoms with van der Waals surface area (Å²) in [6, 6.07) is 6.87. The van der Waals surface area contributed by atoms with Crippen molar-refractivity contribution in [3.63, 3.8) is 0 Å². The molecule has 23 heavy (non-hydrogen) atoms. The van der Waals surface area contributed by atoms with Gasteiger partial charge in [0.2, 0.25) is 0 Å². The van der Waals surface area contributed by atoms with Gasteiger partial charge in [0.1, 0.15) is 0 Å². The second-order valence-corrected chi connectivity index (χ2v) is 9.88. The van der Waals surface area contributed by atoms with E-state index in [0.29, 0.717) is 0 Å². The van der Waals surface area contributed by atoms with E-state index in [2.05, 4.69) is 12.0 Å². The molecular formula is C11H10F3IN2O5S. The minimum absolute atomic E-state index is 0.00498. The molecule has 12 heteroatoms. The first-order valence-corrected chi connectivity index (χ1v) is 10.2. The van der Waals surface area contributed by atoms with E-state index >= 15 is 0 Å². The van der Waals surface area contributed by atoms with Gasteiger partial charge in [-0.3, -0.25) is 0 Å². The first kappa shape index (κ1) is 19.5. The number of alkyl halides is 3. The number of ether oxygens (including phenoxy) is 1. The summed E-state index contributed by atoms with van der Waals surface area (Å²) in [7, 11) is -5.98. The SMILES string of the molecule is CCOC(=O)C(=[N+]=[N-])I(OS(=O)(=O)C(F)(F)F)c1ccccc1. The predicted molar refractivity (Wildman–Crippen MR) is 80.5 cm³/mol. The molecular weight excluding hydrogens is 456 g/mol. The molecule has 0 aromatic heterocycles. The number of esters is 1. The Balaban J connectivity index is 3.35. The molecule has 0 saturated heterocycles. The first-order valence-electron chi connectivity index (χ1n) is 5.79. The Bertz CT molecular complexity index is 717. The average Bonchev–Trinajstić information content (AvgIpc) is 2.47. The van der Waals surface area contributed by atoms with Gasteiger partial charge >= 0.3 is 137 Å². The van der Waals surface area contributed by atoms with Crippen LogP contribution in [0.3, 0.4) is 0 Å². The van der Waals surface area contributed by atoms with Crippen LogP contribution in [0.1, 0.15) is 6.92 Å². The molecule has 0 aliphatic rings. The molecule has 1 aromatic rings. The number of carbonyl (C=O) groups excluding carboxylic acids is 1. The van der Waals surface area contributed by atoms with Gasteiger partial charge in [0.25, 0.3) is 0 Å². The van der Waals surface area contributed by atoms with Crippen LogP contribution in [0.15, 0.2) is 30.3 Å². The standard InChI is InChI=1S/C11H10F3IN2O5S/c1-2-21-10(18)9(17-16)15(8-6-4-3-5-7-8)22-23(19,20)11(12,13)14/h3-7H,2H2,1H3. The van der Waals surface area contributed by atoms with Crippen molar-refractivity contribution in [1.29, 1.82) is 0 Å². The summed E-state index contributed by atoms with van der Waals surface area (Å²) in [4.78, 5) is 14.3. The van der Waals surface area contributed by atoms with Crippen LogP contribution in [0.4, 0.5) is 13.2 Å². The van der Waals surface area contributed by atoms with Gasteiger partial charge in [0, 0.05) is 0 Å². The van der Waals surface area contributed by atoms with Gasteiger partial charge < -0.3 is 0 Å². The zero-order valence-corrected chi connectivity index (χ0v) is 14.4. The number of halogens is 4. The number of carbonyl (C=O) groups is 1. The van der Waals surface area contributed by atoms with Crippen molar-refractivity contribution in [3.8, 4) is 0 Å². The predicted octanol–water partition coefficient (Wildman–Crippen LogP) is 2.34. The van der Waals surface area contributed by atoms with Crippen LogP contribution in [0.5, 0.6) is 0 Å². The number of hydrogen-bond donors (Lipinski definition) is 0. The molecule has 0 unspecified atom stereocenters. The van der Waals surface area contributed by atoms with Crippen molar-refractivity contribution in [2.24, 2.45) is 0 Å². The molecule has 7 nitrogen and oxygen atoms in total. The Hall–Kier alpha value is -1.50. The van der Waals surface area contributed by atoms with Crippen molar-refractivity contribution >= 4 is 40.0 Å². The van der Waals surface area contributed by atoms with Gasteiger partial charge in [0.05, 0.1) is 0 Å². The summed E-state index contributed by atoms with van der Waals surface area (Å²) in [6.45, 7) is 1.27. The number of hydrogen-bond acceptors (Lipinski definition) is 5. The fourth-order valence-corrected chi connectivity index (χ4v) is 7.10. The summed E-state index contributed by atoms with van der Waals surface area (Å²) < 4.78 is 67.9. The first-order chi connectivity index (χ1) is 10.6. The van der Waals surface area contributed by atoms with Gasteiger partial charge in [-0.25, -0.2) is 0 Å². The van der Waals surface area contributed by atoms with Crippen molar-refractivity contribution < 1.29 is 38.4 Å². The summed E-state index contributed by atoms with van der Waals surface area (Å²) in [5.41, 5.74) is 3.25. The normalized spacial score (nSPS) is 12.3. The summed E-state index contributed by atoms with van der Waals surface area (Å²) in [6.07, 6.45) is 0. The molecule has 0 atom stereocenters. The zero-order chi connectivity index (χ0) is 17.7. The molecule has 0 aliphatic heterocycles. The quantitative estimate of drug-likeness (QED) is 0.160. The Morgan fingerprint density at radius 1 is 1.30 bits per heavy atom. The molecule has 0 saturated carbocycles. The summed E-state index contributed by atoms with van der Waals surface area (Å²) >= 11 is -4.02. The van der Waals surface area contributed by atoms with Crippen LogP contribution in [-0.2, 0) is 22.2 Å². The van der Waals surface area contributed by atoms with Crippen LogP contribution >= 0.6 is 20.2 Å². The van der Waals surface area contributed by atoms with E-state index in [0.717, 1.165) is 0 Å². The maximum absolute atomic E-state index is 12.5. The van der Waals surface area contributed by atoms with Crippen LogP contribution in [0, 0.1) is 3.57 Å². The van der Waals surface area contributed by atoms with Gasteiger partial charge in [-0.2, -0.15) is 0 Å². The molecule has 0 spiro atoms. The maximum atomic E-state index is 12.5. The fraction of sp³-hybridized carbons (Fsp3) is 0.273. The third-order valence-electron chi connectivity index (χ3n) is 2.05. The van der Waals surface area contributed by atoms with Crippen LogP contribution < -0.4 is 0 Å². The molecule has 128 valence electrons. The van der Waals surface area contributed by atoms with E-state index in [4.69, 9.17) is 5.53 Å².